The second-order valence-electron chi connectivity index (χ2n) is 2.96. The molecule has 0 aliphatic rings. The Balaban J connectivity index is 2.15. The molecule has 0 saturated carbocycles. The third-order valence-electron chi connectivity index (χ3n) is 1.86. The Morgan fingerprint density at radius 1 is 1.46 bits per heavy atom. The summed E-state index contributed by atoms with van der Waals surface area (Å²) < 4.78 is 0. The number of Topliss-reactive ketones (excluding diaryl/α,β-unsaturated/α-hetero) is 1. The molecule has 72 valence electrons. The summed E-state index contributed by atoms with van der Waals surface area (Å²) in [6.45, 7) is 0. The predicted octanol–water partition coefficient (Wildman–Crippen LogP) is 3.42. The molecule has 13 heavy (non-hydrogen) atoms. The highest BCUT2D eigenvalue weighted by Gasteiger charge is 2.01. The van der Waals surface area contributed by atoms with Gasteiger partial charge in [0, 0.05) is 18.2 Å². The van der Waals surface area contributed by atoms with Crippen molar-refractivity contribution in [2.75, 3.05) is 5.33 Å². The molecule has 1 rings (SSSR count). The van der Waals surface area contributed by atoms with E-state index in [4.69, 9.17) is 0 Å². The molecule has 0 N–H and O–H groups in total. The third-order valence-corrected chi connectivity index (χ3v) is 3.15. The fraction of sp³-hybridized carbons (Fsp3) is 0.500. The number of aryl methyl sites for hydroxylation is 1. The maximum atomic E-state index is 11.3. The van der Waals surface area contributed by atoms with Crippen LogP contribution in [0.1, 0.15) is 24.8 Å². The van der Waals surface area contributed by atoms with E-state index in [2.05, 4.69) is 32.8 Å². The van der Waals surface area contributed by atoms with Crippen molar-refractivity contribution in [1.29, 1.82) is 0 Å². The fourth-order valence-corrected chi connectivity index (χ4v) is 2.09. The van der Waals surface area contributed by atoms with Crippen LogP contribution in [0.3, 0.4) is 0 Å². The summed E-state index contributed by atoms with van der Waals surface area (Å²) in [5.74, 6) is 0.380. The number of hydrogen-bond donors (Lipinski definition) is 0. The van der Waals surface area contributed by atoms with Crippen LogP contribution in [0.2, 0.25) is 0 Å². The first-order chi connectivity index (χ1) is 6.33. The Labute approximate surface area is 91.3 Å². The van der Waals surface area contributed by atoms with Crippen molar-refractivity contribution in [3.63, 3.8) is 0 Å². The van der Waals surface area contributed by atoms with Crippen molar-refractivity contribution >= 4 is 33.0 Å². The summed E-state index contributed by atoms with van der Waals surface area (Å²) in [5, 5.41) is 5.09. The normalized spacial score (nSPS) is 10.2. The standard InChI is InChI=1S/C10H13BrOS/c11-6-1-2-10(12)4-3-9-5-7-13-8-9/h5,7-8H,1-4,6H2. The van der Waals surface area contributed by atoms with E-state index in [0.717, 1.165) is 24.6 Å². The Hall–Kier alpha value is -0.150. The molecule has 0 radical (unpaired) electrons. The van der Waals surface area contributed by atoms with Crippen LogP contribution in [0.25, 0.3) is 0 Å². The van der Waals surface area contributed by atoms with Crippen molar-refractivity contribution in [2.24, 2.45) is 0 Å². The number of rotatable bonds is 6. The molecule has 1 nitrogen and oxygen atoms in total. The number of carbonyl (C=O) groups is 1. The van der Waals surface area contributed by atoms with Gasteiger partial charge in [0.2, 0.25) is 0 Å². The highest BCUT2D eigenvalue weighted by Crippen LogP contribution is 2.09. The van der Waals surface area contributed by atoms with E-state index >= 15 is 0 Å². The van der Waals surface area contributed by atoms with E-state index in [-0.39, 0.29) is 0 Å². The molecule has 0 fully saturated rings. The van der Waals surface area contributed by atoms with Crippen molar-refractivity contribution in [3.05, 3.63) is 22.4 Å². The van der Waals surface area contributed by atoms with Crippen molar-refractivity contribution < 1.29 is 4.79 Å². The number of halogens is 1. The lowest BCUT2D eigenvalue weighted by atomic mass is 10.1. The molecule has 0 atom stereocenters. The molecular weight excluding hydrogens is 248 g/mol. The summed E-state index contributed by atoms with van der Waals surface area (Å²) >= 11 is 5.01. The fourth-order valence-electron chi connectivity index (χ4n) is 1.11. The molecule has 3 heteroatoms. The van der Waals surface area contributed by atoms with E-state index in [1.54, 1.807) is 11.3 Å². The van der Waals surface area contributed by atoms with Crippen molar-refractivity contribution in [1.82, 2.24) is 0 Å². The number of ketones is 1. The van der Waals surface area contributed by atoms with Crippen LogP contribution < -0.4 is 0 Å². The molecular formula is C10H13BrOS. The van der Waals surface area contributed by atoms with Crippen LogP contribution in [0.5, 0.6) is 0 Å². The Morgan fingerprint density at radius 2 is 2.31 bits per heavy atom. The van der Waals surface area contributed by atoms with Gasteiger partial charge in [-0.3, -0.25) is 4.79 Å². The Bertz CT molecular complexity index is 243. The monoisotopic (exact) mass is 260 g/mol. The molecule has 1 aromatic heterocycles. The first-order valence-corrected chi connectivity index (χ1v) is 6.48. The minimum Gasteiger partial charge on any atom is -0.300 e. The van der Waals surface area contributed by atoms with Gasteiger partial charge in [-0.05, 0) is 35.2 Å². The van der Waals surface area contributed by atoms with Gasteiger partial charge in [0.1, 0.15) is 5.78 Å². The number of carbonyl (C=O) groups excluding carboxylic acids is 1. The first-order valence-electron chi connectivity index (χ1n) is 4.41. The summed E-state index contributed by atoms with van der Waals surface area (Å²) in [7, 11) is 0. The number of thiophene rings is 1. The van der Waals surface area contributed by atoms with Crippen molar-refractivity contribution in [2.45, 2.75) is 25.7 Å². The zero-order valence-corrected chi connectivity index (χ0v) is 9.86. The molecule has 0 spiro atoms. The van der Waals surface area contributed by atoms with E-state index in [1.807, 2.05) is 0 Å². The molecule has 0 bridgehead atoms. The van der Waals surface area contributed by atoms with E-state index < -0.39 is 0 Å². The van der Waals surface area contributed by atoms with Gasteiger partial charge >= 0.3 is 0 Å². The molecule has 0 saturated heterocycles. The minimum absolute atomic E-state index is 0.380. The third kappa shape index (κ3) is 4.58. The second-order valence-corrected chi connectivity index (χ2v) is 4.54. The highest BCUT2D eigenvalue weighted by atomic mass is 79.9. The topological polar surface area (TPSA) is 17.1 Å². The van der Waals surface area contributed by atoms with Gasteiger partial charge in [-0.1, -0.05) is 15.9 Å². The lowest BCUT2D eigenvalue weighted by Crippen LogP contribution is -1.99. The lowest BCUT2D eigenvalue weighted by Gasteiger charge is -1.97. The van der Waals surface area contributed by atoms with Crippen LogP contribution in [0, 0.1) is 0 Å². The molecule has 1 heterocycles. The average molecular weight is 261 g/mol. The van der Waals surface area contributed by atoms with E-state index in [9.17, 15) is 4.79 Å². The van der Waals surface area contributed by atoms with Gasteiger partial charge in [-0.25, -0.2) is 0 Å². The Kier molecular flexibility index (Phi) is 5.32. The van der Waals surface area contributed by atoms with Gasteiger partial charge in [-0.2, -0.15) is 11.3 Å². The van der Waals surface area contributed by atoms with Gasteiger partial charge < -0.3 is 0 Å². The molecule has 0 aliphatic heterocycles. The smallest absolute Gasteiger partial charge is 0.133 e. The number of hydrogen-bond acceptors (Lipinski definition) is 2. The van der Waals surface area contributed by atoms with Gasteiger partial charge in [0.25, 0.3) is 0 Å². The summed E-state index contributed by atoms with van der Waals surface area (Å²) in [5.41, 5.74) is 1.29. The van der Waals surface area contributed by atoms with Crippen LogP contribution in [0.15, 0.2) is 16.8 Å². The van der Waals surface area contributed by atoms with Gasteiger partial charge in [0.15, 0.2) is 0 Å². The summed E-state index contributed by atoms with van der Waals surface area (Å²) in [6.07, 6.45) is 3.28. The van der Waals surface area contributed by atoms with Crippen LogP contribution in [-0.4, -0.2) is 11.1 Å². The largest absolute Gasteiger partial charge is 0.300 e. The molecule has 1 aromatic rings. The Morgan fingerprint density at radius 3 is 2.92 bits per heavy atom. The van der Waals surface area contributed by atoms with Crippen LogP contribution in [-0.2, 0) is 11.2 Å². The molecule has 0 aliphatic carbocycles. The maximum absolute atomic E-state index is 11.3. The average Bonchev–Trinajstić information content (AvgIpc) is 2.64. The van der Waals surface area contributed by atoms with E-state index in [1.165, 1.54) is 5.56 Å². The zero-order valence-electron chi connectivity index (χ0n) is 7.46. The van der Waals surface area contributed by atoms with Gasteiger partial charge in [0.05, 0.1) is 0 Å². The predicted molar refractivity (Wildman–Crippen MR) is 60.7 cm³/mol. The second kappa shape index (κ2) is 6.33. The number of alkyl halides is 1. The first kappa shape index (κ1) is 10.9. The van der Waals surface area contributed by atoms with Crippen LogP contribution >= 0.6 is 27.3 Å². The van der Waals surface area contributed by atoms with E-state index in [0.29, 0.717) is 12.2 Å². The minimum atomic E-state index is 0.380. The van der Waals surface area contributed by atoms with Crippen molar-refractivity contribution in [3.8, 4) is 0 Å². The van der Waals surface area contributed by atoms with Gasteiger partial charge in [-0.15, -0.1) is 0 Å². The molecule has 0 amide bonds. The maximum Gasteiger partial charge on any atom is 0.133 e. The summed E-state index contributed by atoms with van der Waals surface area (Å²) in [6, 6.07) is 2.09. The van der Waals surface area contributed by atoms with Crippen LogP contribution in [0.4, 0.5) is 0 Å². The molecule has 0 unspecified atom stereocenters. The summed E-state index contributed by atoms with van der Waals surface area (Å²) in [4.78, 5) is 11.3. The lowest BCUT2D eigenvalue weighted by molar-refractivity contribution is -0.119. The highest BCUT2D eigenvalue weighted by molar-refractivity contribution is 9.09. The zero-order chi connectivity index (χ0) is 9.52. The quantitative estimate of drug-likeness (QED) is 0.717. The SMILES string of the molecule is O=C(CCCBr)CCc1ccsc1. The molecule has 0 aromatic carbocycles.